The van der Waals surface area contributed by atoms with Crippen molar-refractivity contribution in [1.82, 2.24) is 5.32 Å². The van der Waals surface area contributed by atoms with Crippen LogP contribution in [0.3, 0.4) is 0 Å². The SMILES string of the molecule is CSCCC(=O)NC(CC(=O)O)c1ccc(F)cc1. The third kappa shape index (κ3) is 5.74. The molecule has 0 aliphatic heterocycles. The van der Waals surface area contributed by atoms with E-state index in [4.69, 9.17) is 5.11 Å². The number of thioether (sulfide) groups is 1. The van der Waals surface area contributed by atoms with Crippen LogP contribution < -0.4 is 5.32 Å². The molecule has 0 fully saturated rings. The van der Waals surface area contributed by atoms with Crippen LogP contribution in [0, 0.1) is 5.82 Å². The number of amides is 1. The second-order valence-corrected chi connectivity index (χ2v) is 5.00. The summed E-state index contributed by atoms with van der Waals surface area (Å²) in [6, 6.07) is 4.83. The minimum Gasteiger partial charge on any atom is -0.481 e. The lowest BCUT2D eigenvalue weighted by molar-refractivity contribution is -0.137. The van der Waals surface area contributed by atoms with E-state index in [9.17, 15) is 14.0 Å². The van der Waals surface area contributed by atoms with Crippen molar-refractivity contribution in [2.45, 2.75) is 18.9 Å². The number of carbonyl (C=O) groups excluding carboxylic acids is 1. The van der Waals surface area contributed by atoms with Gasteiger partial charge in [-0.05, 0) is 24.0 Å². The van der Waals surface area contributed by atoms with Crippen LogP contribution in [-0.2, 0) is 9.59 Å². The number of benzene rings is 1. The van der Waals surface area contributed by atoms with Crippen LogP contribution in [-0.4, -0.2) is 29.0 Å². The molecule has 4 nitrogen and oxygen atoms in total. The van der Waals surface area contributed by atoms with E-state index in [1.165, 1.54) is 24.3 Å². The van der Waals surface area contributed by atoms with Gasteiger partial charge >= 0.3 is 5.97 Å². The largest absolute Gasteiger partial charge is 0.481 e. The molecule has 1 aromatic rings. The van der Waals surface area contributed by atoms with Gasteiger partial charge in [-0.1, -0.05) is 12.1 Å². The first-order chi connectivity index (χ1) is 9.02. The molecule has 0 heterocycles. The van der Waals surface area contributed by atoms with E-state index < -0.39 is 17.8 Å². The Morgan fingerprint density at radius 1 is 1.37 bits per heavy atom. The highest BCUT2D eigenvalue weighted by molar-refractivity contribution is 7.98. The number of carbonyl (C=O) groups is 2. The quantitative estimate of drug-likeness (QED) is 0.806. The number of halogens is 1. The zero-order valence-corrected chi connectivity index (χ0v) is 11.4. The van der Waals surface area contributed by atoms with Crippen molar-refractivity contribution in [1.29, 1.82) is 0 Å². The van der Waals surface area contributed by atoms with Gasteiger partial charge in [0.1, 0.15) is 5.82 Å². The number of carboxylic acids is 1. The summed E-state index contributed by atoms with van der Waals surface area (Å²) in [7, 11) is 0. The number of nitrogens with one attached hydrogen (secondary N) is 1. The Balaban J connectivity index is 2.74. The van der Waals surface area contributed by atoms with E-state index in [1.54, 1.807) is 11.8 Å². The van der Waals surface area contributed by atoms with Gasteiger partial charge in [0.2, 0.25) is 5.91 Å². The summed E-state index contributed by atoms with van der Waals surface area (Å²) >= 11 is 1.54. The molecule has 0 bridgehead atoms. The Kier molecular flexibility index (Phi) is 6.35. The van der Waals surface area contributed by atoms with Gasteiger partial charge in [-0.15, -0.1) is 0 Å². The molecule has 6 heteroatoms. The van der Waals surface area contributed by atoms with Gasteiger partial charge in [0.05, 0.1) is 12.5 Å². The van der Waals surface area contributed by atoms with Gasteiger partial charge in [0.25, 0.3) is 0 Å². The topological polar surface area (TPSA) is 66.4 Å². The Morgan fingerprint density at radius 2 is 2.00 bits per heavy atom. The molecule has 104 valence electrons. The van der Waals surface area contributed by atoms with Crippen LogP contribution in [0.1, 0.15) is 24.4 Å². The summed E-state index contributed by atoms with van der Waals surface area (Å²) in [6.07, 6.45) is 2.00. The van der Waals surface area contributed by atoms with Crippen LogP contribution in [0.25, 0.3) is 0 Å². The first-order valence-corrected chi connectivity index (χ1v) is 7.18. The number of rotatable bonds is 7. The molecule has 19 heavy (non-hydrogen) atoms. The van der Waals surface area contributed by atoms with Gasteiger partial charge in [-0.2, -0.15) is 11.8 Å². The molecule has 0 radical (unpaired) electrons. The number of hydrogen-bond acceptors (Lipinski definition) is 3. The Hall–Kier alpha value is -1.56. The van der Waals surface area contributed by atoms with Crippen LogP contribution in [0.15, 0.2) is 24.3 Å². The summed E-state index contributed by atoms with van der Waals surface area (Å²) < 4.78 is 12.8. The lowest BCUT2D eigenvalue weighted by atomic mass is 10.0. The smallest absolute Gasteiger partial charge is 0.305 e. The fourth-order valence-corrected chi connectivity index (χ4v) is 1.97. The van der Waals surface area contributed by atoms with E-state index in [0.29, 0.717) is 17.7 Å². The third-order valence-electron chi connectivity index (χ3n) is 2.52. The molecular weight excluding hydrogens is 269 g/mol. The van der Waals surface area contributed by atoms with Crippen molar-refractivity contribution < 1.29 is 19.1 Å². The monoisotopic (exact) mass is 285 g/mol. The second kappa shape index (κ2) is 7.78. The molecule has 1 rings (SSSR count). The molecule has 0 aliphatic carbocycles. The first-order valence-electron chi connectivity index (χ1n) is 5.78. The minimum atomic E-state index is -1.01. The lowest BCUT2D eigenvalue weighted by Crippen LogP contribution is -2.30. The highest BCUT2D eigenvalue weighted by atomic mass is 32.2. The van der Waals surface area contributed by atoms with Crippen molar-refractivity contribution in [2.75, 3.05) is 12.0 Å². The average molecular weight is 285 g/mol. The first kappa shape index (κ1) is 15.5. The van der Waals surface area contributed by atoms with E-state index in [2.05, 4.69) is 5.32 Å². The summed E-state index contributed by atoms with van der Waals surface area (Å²) in [5.41, 5.74) is 0.585. The standard InChI is InChI=1S/C13H16FNO3S/c1-19-7-6-12(16)15-11(8-13(17)18)9-2-4-10(14)5-3-9/h2-5,11H,6-8H2,1H3,(H,15,16)(H,17,18). The van der Waals surface area contributed by atoms with Crippen molar-refractivity contribution in [3.8, 4) is 0 Å². The van der Waals surface area contributed by atoms with Crippen LogP contribution >= 0.6 is 11.8 Å². The van der Waals surface area contributed by atoms with E-state index >= 15 is 0 Å². The molecule has 0 saturated carbocycles. The molecule has 1 unspecified atom stereocenters. The highest BCUT2D eigenvalue weighted by Gasteiger charge is 2.17. The number of carboxylic acid groups (broad SMARTS) is 1. The average Bonchev–Trinajstić information content (AvgIpc) is 2.36. The molecule has 2 N–H and O–H groups in total. The maximum Gasteiger partial charge on any atom is 0.305 e. The van der Waals surface area contributed by atoms with Crippen LogP contribution in [0.5, 0.6) is 0 Å². The zero-order valence-electron chi connectivity index (χ0n) is 10.6. The summed E-state index contributed by atoms with van der Waals surface area (Å²) in [5, 5.41) is 11.5. The number of hydrogen-bond donors (Lipinski definition) is 2. The summed E-state index contributed by atoms with van der Waals surface area (Å²) in [6.45, 7) is 0. The fourth-order valence-electron chi connectivity index (χ4n) is 1.58. The van der Waals surface area contributed by atoms with Crippen LogP contribution in [0.2, 0.25) is 0 Å². The van der Waals surface area contributed by atoms with E-state index in [-0.39, 0.29) is 12.3 Å². The lowest BCUT2D eigenvalue weighted by Gasteiger charge is -2.17. The zero-order chi connectivity index (χ0) is 14.3. The van der Waals surface area contributed by atoms with Gasteiger partial charge in [-0.3, -0.25) is 9.59 Å². The Morgan fingerprint density at radius 3 is 2.53 bits per heavy atom. The predicted octanol–water partition coefficient (Wildman–Crippen LogP) is 2.21. The highest BCUT2D eigenvalue weighted by Crippen LogP contribution is 2.17. The summed E-state index contributed by atoms with van der Waals surface area (Å²) in [4.78, 5) is 22.5. The normalized spacial score (nSPS) is 11.9. The third-order valence-corrected chi connectivity index (χ3v) is 3.13. The van der Waals surface area contributed by atoms with E-state index in [1.807, 2.05) is 6.26 Å². The van der Waals surface area contributed by atoms with Crippen molar-refractivity contribution >= 4 is 23.6 Å². The second-order valence-electron chi connectivity index (χ2n) is 4.01. The minimum absolute atomic E-state index is 0.204. The van der Waals surface area contributed by atoms with Gasteiger partial charge < -0.3 is 10.4 Å². The predicted molar refractivity (Wildman–Crippen MR) is 72.5 cm³/mol. The maximum absolute atomic E-state index is 12.8. The molecule has 0 aliphatic rings. The molecule has 1 aromatic carbocycles. The molecule has 1 amide bonds. The Bertz CT molecular complexity index is 436. The van der Waals surface area contributed by atoms with Crippen molar-refractivity contribution in [3.63, 3.8) is 0 Å². The molecular formula is C13H16FNO3S. The number of aliphatic carboxylic acids is 1. The molecule has 1 atom stereocenters. The summed E-state index contributed by atoms with van der Waals surface area (Å²) in [5.74, 6) is -0.939. The van der Waals surface area contributed by atoms with Gasteiger partial charge in [0.15, 0.2) is 0 Å². The van der Waals surface area contributed by atoms with Crippen molar-refractivity contribution in [2.24, 2.45) is 0 Å². The van der Waals surface area contributed by atoms with Gasteiger partial charge in [-0.25, -0.2) is 4.39 Å². The van der Waals surface area contributed by atoms with Crippen molar-refractivity contribution in [3.05, 3.63) is 35.6 Å². The molecule has 0 aromatic heterocycles. The van der Waals surface area contributed by atoms with Crippen LogP contribution in [0.4, 0.5) is 4.39 Å². The van der Waals surface area contributed by atoms with Gasteiger partial charge in [0, 0.05) is 12.2 Å². The molecule has 0 saturated heterocycles. The Labute approximate surface area is 115 Å². The fraction of sp³-hybridized carbons (Fsp3) is 0.385. The molecule has 0 spiro atoms. The van der Waals surface area contributed by atoms with E-state index in [0.717, 1.165) is 0 Å². The maximum atomic E-state index is 12.8.